The largest absolute Gasteiger partial charge is 0.494 e. The minimum absolute atomic E-state index is 0.0993. The summed E-state index contributed by atoms with van der Waals surface area (Å²) < 4.78 is 5.47. The second-order valence-electron chi connectivity index (χ2n) is 6.99. The smallest absolute Gasteiger partial charge is 0.278 e. The van der Waals surface area contributed by atoms with Crippen LogP contribution in [0.4, 0.5) is 5.69 Å². The van der Waals surface area contributed by atoms with Crippen LogP contribution in [0.5, 0.6) is 5.75 Å². The molecule has 1 heterocycles. The van der Waals surface area contributed by atoms with Gasteiger partial charge in [0.2, 0.25) is 0 Å². The molecule has 2 amide bonds. The summed E-state index contributed by atoms with van der Waals surface area (Å²) in [5.41, 5.74) is 2.66. The van der Waals surface area contributed by atoms with Gasteiger partial charge < -0.3 is 10.1 Å². The van der Waals surface area contributed by atoms with Crippen molar-refractivity contribution in [1.82, 2.24) is 4.90 Å². The molecule has 1 aliphatic rings. The number of carbonyl (C=O) groups excluding carboxylic acids is 2. The van der Waals surface area contributed by atoms with Crippen LogP contribution in [-0.2, 0) is 16.1 Å². The first kappa shape index (κ1) is 20.7. The van der Waals surface area contributed by atoms with Gasteiger partial charge in [-0.25, -0.2) is 0 Å². The summed E-state index contributed by atoms with van der Waals surface area (Å²) in [6.07, 6.45) is 0. The molecule has 5 nitrogen and oxygen atoms in total. The number of nitrogens with one attached hydrogen (secondary N) is 1. The first-order valence-corrected chi connectivity index (χ1v) is 10.4. The van der Waals surface area contributed by atoms with Gasteiger partial charge in [0.15, 0.2) is 0 Å². The van der Waals surface area contributed by atoms with Crippen LogP contribution in [0, 0.1) is 0 Å². The fraction of sp³-hybridized carbons (Fsp3) is 0.120. The Bertz CT molecular complexity index is 1140. The standard InChI is InChI=1S/C25H21ClN2O3/c1-2-31-20-14-12-19(13-15-20)27-23-22(17-8-4-3-5-9-17)24(29)28(25(23)30)16-18-10-6-7-11-21(18)26/h3-15,27H,2,16H2,1H3. The van der Waals surface area contributed by atoms with E-state index in [2.05, 4.69) is 5.32 Å². The van der Waals surface area contributed by atoms with Gasteiger partial charge in [-0.05, 0) is 48.4 Å². The SMILES string of the molecule is CCOc1ccc(NC2=C(c3ccccc3)C(=O)N(Cc3ccccc3Cl)C2=O)cc1. The van der Waals surface area contributed by atoms with Crippen molar-refractivity contribution < 1.29 is 14.3 Å². The minimum atomic E-state index is -0.391. The maximum Gasteiger partial charge on any atom is 0.278 e. The number of hydrogen-bond acceptors (Lipinski definition) is 4. The van der Waals surface area contributed by atoms with Gasteiger partial charge in [0, 0.05) is 10.7 Å². The minimum Gasteiger partial charge on any atom is -0.494 e. The predicted octanol–water partition coefficient (Wildman–Crippen LogP) is 5.13. The molecule has 0 bridgehead atoms. The van der Waals surface area contributed by atoms with E-state index in [1.54, 1.807) is 6.07 Å². The first-order valence-electron chi connectivity index (χ1n) is 9.97. The Kier molecular flexibility index (Phi) is 6.05. The van der Waals surface area contributed by atoms with Crippen LogP contribution in [0.25, 0.3) is 5.57 Å². The van der Waals surface area contributed by atoms with Crippen LogP contribution >= 0.6 is 11.6 Å². The average molecular weight is 433 g/mol. The van der Waals surface area contributed by atoms with Crippen LogP contribution in [0.1, 0.15) is 18.1 Å². The Morgan fingerprint density at radius 1 is 0.871 bits per heavy atom. The Morgan fingerprint density at radius 2 is 1.55 bits per heavy atom. The Balaban J connectivity index is 1.69. The van der Waals surface area contributed by atoms with Crippen molar-refractivity contribution in [1.29, 1.82) is 0 Å². The molecule has 0 saturated heterocycles. The molecule has 3 aromatic carbocycles. The number of nitrogens with zero attached hydrogens (tertiary/aromatic N) is 1. The number of amides is 2. The second-order valence-corrected chi connectivity index (χ2v) is 7.39. The summed E-state index contributed by atoms with van der Waals surface area (Å²) in [7, 11) is 0. The third-order valence-corrected chi connectivity index (χ3v) is 5.32. The molecule has 4 rings (SSSR count). The zero-order valence-corrected chi connectivity index (χ0v) is 17.7. The molecule has 0 atom stereocenters. The lowest BCUT2D eigenvalue weighted by molar-refractivity contribution is -0.137. The molecule has 3 aromatic rings. The highest BCUT2D eigenvalue weighted by Crippen LogP contribution is 2.32. The summed E-state index contributed by atoms with van der Waals surface area (Å²) in [5.74, 6) is -0.0123. The van der Waals surface area contributed by atoms with Gasteiger partial charge in [-0.1, -0.05) is 60.1 Å². The molecule has 6 heteroatoms. The van der Waals surface area contributed by atoms with Crippen LogP contribution in [-0.4, -0.2) is 23.3 Å². The van der Waals surface area contributed by atoms with E-state index < -0.39 is 5.91 Å². The van der Waals surface area contributed by atoms with Gasteiger partial charge in [0.1, 0.15) is 11.4 Å². The normalized spacial score (nSPS) is 13.7. The molecule has 1 aliphatic heterocycles. The van der Waals surface area contributed by atoms with E-state index in [0.717, 1.165) is 5.75 Å². The Hall–Kier alpha value is -3.57. The highest BCUT2D eigenvalue weighted by atomic mass is 35.5. The number of ether oxygens (including phenoxy) is 1. The van der Waals surface area contributed by atoms with E-state index in [0.29, 0.717) is 34.0 Å². The van der Waals surface area contributed by atoms with E-state index in [4.69, 9.17) is 16.3 Å². The molecular formula is C25H21ClN2O3. The molecule has 0 aromatic heterocycles. The lowest BCUT2D eigenvalue weighted by Crippen LogP contribution is -2.32. The van der Waals surface area contributed by atoms with Crippen LogP contribution in [0.3, 0.4) is 0 Å². The topological polar surface area (TPSA) is 58.6 Å². The van der Waals surface area contributed by atoms with Crippen molar-refractivity contribution in [3.63, 3.8) is 0 Å². The lowest BCUT2D eigenvalue weighted by atomic mass is 10.0. The highest BCUT2D eigenvalue weighted by Gasteiger charge is 2.39. The summed E-state index contributed by atoms with van der Waals surface area (Å²) in [6.45, 7) is 2.59. The predicted molar refractivity (Wildman–Crippen MR) is 122 cm³/mol. The number of anilines is 1. The second kappa shape index (κ2) is 9.06. The average Bonchev–Trinajstić information content (AvgIpc) is 3.01. The number of imide groups is 1. The van der Waals surface area contributed by atoms with Gasteiger partial charge >= 0.3 is 0 Å². The van der Waals surface area contributed by atoms with Crippen molar-refractivity contribution in [2.45, 2.75) is 13.5 Å². The summed E-state index contributed by atoms with van der Waals surface area (Å²) >= 11 is 6.27. The van der Waals surface area contributed by atoms with Crippen molar-refractivity contribution in [2.75, 3.05) is 11.9 Å². The molecule has 0 spiro atoms. The summed E-state index contributed by atoms with van der Waals surface area (Å²) in [5, 5.41) is 3.66. The van der Waals surface area contributed by atoms with Gasteiger partial charge in [-0.3, -0.25) is 14.5 Å². The molecule has 156 valence electrons. The summed E-state index contributed by atoms with van der Waals surface area (Å²) in [4.78, 5) is 27.8. The highest BCUT2D eigenvalue weighted by molar-refractivity contribution is 6.36. The number of hydrogen-bond donors (Lipinski definition) is 1. The third kappa shape index (κ3) is 4.32. The van der Waals surface area contributed by atoms with Crippen molar-refractivity contribution in [3.8, 4) is 5.75 Å². The van der Waals surface area contributed by atoms with Crippen LogP contribution < -0.4 is 10.1 Å². The molecule has 31 heavy (non-hydrogen) atoms. The third-order valence-electron chi connectivity index (χ3n) is 4.95. The fourth-order valence-electron chi connectivity index (χ4n) is 3.45. The molecule has 0 unspecified atom stereocenters. The van der Waals surface area contributed by atoms with Gasteiger partial charge in [-0.15, -0.1) is 0 Å². The van der Waals surface area contributed by atoms with Gasteiger partial charge in [-0.2, -0.15) is 0 Å². The molecule has 0 fully saturated rings. The van der Waals surface area contributed by atoms with E-state index in [9.17, 15) is 9.59 Å². The maximum absolute atomic E-state index is 13.3. The summed E-state index contributed by atoms with van der Waals surface area (Å²) in [6, 6.07) is 23.6. The quantitative estimate of drug-likeness (QED) is 0.526. The van der Waals surface area contributed by atoms with Crippen LogP contribution in [0.2, 0.25) is 5.02 Å². The number of rotatable bonds is 7. The number of carbonyl (C=O) groups is 2. The molecule has 0 aliphatic carbocycles. The number of halogens is 1. The van der Waals surface area contributed by atoms with E-state index in [1.165, 1.54) is 4.90 Å². The van der Waals surface area contributed by atoms with E-state index in [-0.39, 0.29) is 18.1 Å². The maximum atomic E-state index is 13.3. The zero-order valence-electron chi connectivity index (χ0n) is 17.0. The van der Waals surface area contributed by atoms with Crippen molar-refractivity contribution in [2.24, 2.45) is 0 Å². The van der Waals surface area contributed by atoms with Crippen molar-refractivity contribution >= 4 is 34.7 Å². The number of benzene rings is 3. The van der Waals surface area contributed by atoms with Crippen molar-refractivity contribution in [3.05, 3.63) is 101 Å². The zero-order chi connectivity index (χ0) is 21.8. The molecule has 0 radical (unpaired) electrons. The first-order chi connectivity index (χ1) is 15.1. The fourth-order valence-corrected chi connectivity index (χ4v) is 3.65. The lowest BCUT2D eigenvalue weighted by Gasteiger charge is -2.16. The Morgan fingerprint density at radius 3 is 2.23 bits per heavy atom. The molecule has 0 saturated carbocycles. The Labute approximate surface area is 185 Å². The van der Waals surface area contributed by atoms with E-state index >= 15 is 0 Å². The molecular weight excluding hydrogens is 412 g/mol. The van der Waals surface area contributed by atoms with E-state index in [1.807, 2.05) is 79.7 Å². The monoisotopic (exact) mass is 432 g/mol. The van der Waals surface area contributed by atoms with Gasteiger partial charge in [0.05, 0.1) is 18.7 Å². The molecule has 1 N–H and O–H groups in total. The van der Waals surface area contributed by atoms with Gasteiger partial charge in [0.25, 0.3) is 11.8 Å². The van der Waals surface area contributed by atoms with Crippen LogP contribution in [0.15, 0.2) is 84.6 Å².